The van der Waals surface area contributed by atoms with Crippen LogP contribution in [-0.2, 0) is 4.79 Å². The molecule has 174 valence electrons. The van der Waals surface area contributed by atoms with Crippen LogP contribution in [0.15, 0.2) is 37.4 Å². The Kier molecular flexibility index (Phi) is 16.3. The summed E-state index contributed by atoms with van der Waals surface area (Å²) in [6.07, 6.45) is 2.62. The van der Waals surface area contributed by atoms with Gasteiger partial charge in [0.15, 0.2) is 0 Å². The summed E-state index contributed by atoms with van der Waals surface area (Å²) in [5, 5.41) is 20.3. The van der Waals surface area contributed by atoms with Gasteiger partial charge in [0, 0.05) is 29.2 Å². The predicted molar refractivity (Wildman–Crippen MR) is 129 cm³/mol. The summed E-state index contributed by atoms with van der Waals surface area (Å²) in [4.78, 5) is 24.0. The van der Waals surface area contributed by atoms with Gasteiger partial charge in [-0.25, -0.2) is 5.48 Å². The molecule has 0 heterocycles. The molecule has 3 atom stereocenters. The number of aliphatic hydroxyl groups is 1. The number of benzene rings is 1. The zero-order valence-corrected chi connectivity index (χ0v) is 20.0. The number of aliphatic hydroxyl groups excluding tert-OH is 1. The lowest BCUT2D eigenvalue weighted by Gasteiger charge is -2.29. The molecule has 1 aliphatic rings. The first-order valence-electron chi connectivity index (χ1n) is 9.97. The fraction of sp³-hybridized carbons (Fsp3) is 0.478. The Hall–Kier alpha value is -2.31. The molecule has 2 amide bonds. The minimum absolute atomic E-state index is 0.165. The van der Waals surface area contributed by atoms with Gasteiger partial charge in [0.05, 0.1) is 0 Å². The highest BCUT2D eigenvalue weighted by atomic mass is 32.1. The van der Waals surface area contributed by atoms with Crippen LogP contribution in [0.3, 0.4) is 0 Å². The molecule has 31 heavy (non-hydrogen) atoms. The van der Waals surface area contributed by atoms with Crippen molar-refractivity contribution in [2.75, 3.05) is 12.9 Å². The number of carbonyl (C=O) groups is 2. The van der Waals surface area contributed by atoms with E-state index >= 15 is 0 Å². The van der Waals surface area contributed by atoms with Crippen molar-refractivity contribution in [3.63, 3.8) is 0 Å². The molecule has 1 aliphatic carbocycles. The molecule has 0 aliphatic heterocycles. The van der Waals surface area contributed by atoms with Gasteiger partial charge in [-0.1, -0.05) is 25.7 Å². The van der Waals surface area contributed by atoms with Gasteiger partial charge in [0.1, 0.15) is 6.04 Å². The maximum Gasteiger partial charge on any atom is 0.267 e. The zero-order chi connectivity index (χ0) is 24.6. The highest BCUT2D eigenvalue weighted by Crippen LogP contribution is 2.36. The third-order valence-electron chi connectivity index (χ3n) is 4.10. The fourth-order valence-electron chi connectivity index (χ4n) is 2.38. The van der Waals surface area contributed by atoms with E-state index in [9.17, 15) is 9.59 Å². The second kappa shape index (κ2) is 16.4. The van der Waals surface area contributed by atoms with E-state index in [1.165, 1.54) is 5.48 Å². The van der Waals surface area contributed by atoms with Crippen molar-refractivity contribution >= 4 is 24.4 Å². The van der Waals surface area contributed by atoms with Crippen LogP contribution in [0.2, 0.25) is 0 Å². The monoisotopic (exact) mass is 451 g/mol. The molecule has 1 saturated carbocycles. The summed E-state index contributed by atoms with van der Waals surface area (Å²) in [5.41, 5.74) is 7.46. The number of hydroxylamine groups is 1. The smallest absolute Gasteiger partial charge is 0.267 e. The first-order valence-corrected chi connectivity index (χ1v) is 10.9. The normalized spacial score (nSPS) is 16.7. The Bertz CT molecular complexity index is 721. The van der Waals surface area contributed by atoms with Crippen molar-refractivity contribution in [2.24, 2.45) is 17.6 Å². The highest BCUT2D eigenvalue weighted by molar-refractivity contribution is 7.79. The van der Waals surface area contributed by atoms with Crippen LogP contribution >= 0.6 is 12.6 Å². The summed E-state index contributed by atoms with van der Waals surface area (Å²) >= 11 is 3.53. The maximum atomic E-state index is 12.3. The Morgan fingerprint density at radius 3 is 2.16 bits per heavy atom. The molecule has 2 rings (SSSR count). The first-order chi connectivity index (χ1) is 14.8. The molecule has 1 aromatic rings. The van der Waals surface area contributed by atoms with Gasteiger partial charge in [-0.2, -0.15) is 12.6 Å². The Morgan fingerprint density at radius 1 is 1.26 bits per heavy atom. The minimum atomic E-state index is -1.09. The number of rotatable bonds is 5. The third-order valence-corrected chi connectivity index (χ3v) is 4.10. The average molecular weight is 452 g/mol. The molecule has 3 unspecified atom stereocenters. The quantitative estimate of drug-likeness (QED) is 0.135. The van der Waals surface area contributed by atoms with Crippen molar-refractivity contribution in [1.82, 2.24) is 10.8 Å². The second-order valence-electron chi connectivity index (χ2n) is 6.84. The Labute approximate surface area is 191 Å². The minimum Gasteiger partial charge on any atom is -0.396 e. The van der Waals surface area contributed by atoms with E-state index in [0.717, 1.165) is 12.0 Å². The molecule has 6 N–H and O–H groups in total. The van der Waals surface area contributed by atoms with E-state index in [1.54, 1.807) is 44.4 Å². The van der Waals surface area contributed by atoms with E-state index in [4.69, 9.17) is 16.0 Å². The van der Waals surface area contributed by atoms with Crippen molar-refractivity contribution in [3.8, 4) is 11.8 Å². The molecule has 7 nitrogen and oxygen atoms in total. The number of hydrogen-bond donors (Lipinski definition) is 6. The second-order valence-corrected chi connectivity index (χ2v) is 6.84. The molecule has 0 spiro atoms. The van der Waals surface area contributed by atoms with Crippen LogP contribution in [0, 0.1) is 23.7 Å². The Morgan fingerprint density at radius 2 is 1.77 bits per heavy atom. The van der Waals surface area contributed by atoms with Gasteiger partial charge in [-0.3, -0.25) is 14.8 Å². The van der Waals surface area contributed by atoms with Crippen LogP contribution in [-0.4, -0.2) is 46.6 Å². The average Bonchev–Trinajstić information content (AvgIpc) is 3.57. The van der Waals surface area contributed by atoms with Crippen LogP contribution in [0.5, 0.6) is 0 Å². The lowest BCUT2D eigenvalue weighted by atomic mass is 9.95. The Balaban J connectivity index is 0. The van der Waals surface area contributed by atoms with Gasteiger partial charge < -0.3 is 16.2 Å². The molecule has 0 saturated heterocycles. The van der Waals surface area contributed by atoms with Crippen LogP contribution in [0.25, 0.3) is 0 Å². The predicted octanol–water partition coefficient (Wildman–Crippen LogP) is 2.38. The zero-order valence-electron chi connectivity index (χ0n) is 19.1. The lowest BCUT2D eigenvalue weighted by molar-refractivity contribution is -0.132. The number of nitrogens with one attached hydrogen (secondary N) is 2. The van der Waals surface area contributed by atoms with Crippen molar-refractivity contribution in [2.45, 2.75) is 45.7 Å². The molecular weight excluding hydrogens is 414 g/mol. The van der Waals surface area contributed by atoms with E-state index < -0.39 is 23.4 Å². The topological polar surface area (TPSA) is 125 Å². The summed E-state index contributed by atoms with van der Waals surface area (Å²) in [7, 11) is 0. The number of nitrogens with two attached hydrogens (primary N) is 1. The van der Waals surface area contributed by atoms with Gasteiger partial charge in [-0.05, 0) is 56.7 Å². The van der Waals surface area contributed by atoms with Gasteiger partial charge in [-0.15, -0.1) is 13.2 Å². The molecule has 0 radical (unpaired) electrons. The van der Waals surface area contributed by atoms with Crippen LogP contribution in [0.4, 0.5) is 0 Å². The largest absolute Gasteiger partial charge is 0.396 e. The van der Waals surface area contributed by atoms with Gasteiger partial charge in [0.25, 0.3) is 11.8 Å². The van der Waals surface area contributed by atoms with E-state index in [-0.39, 0.29) is 18.4 Å². The van der Waals surface area contributed by atoms with Crippen LogP contribution < -0.4 is 16.5 Å². The molecule has 1 aromatic carbocycles. The van der Waals surface area contributed by atoms with Crippen LogP contribution in [0.1, 0.15) is 50.0 Å². The highest BCUT2D eigenvalue weighted by Gasteiger charge is 2.35. The summed E-state index contributed by atoms with van der Waals surface area (Å²) in [5.74, 6) is 5.38. The van der Waals surface area contributed by atoms with Crippen molar-refractivity contribution in [1.29, 1.82) is 0 Å². The number of hydrogen-bond acceptors (Lipinski definition) is 6. The van der Waals surface area contributed by atoms with Gasteiger partial charge in [0.2, 0.25) is 0 Å². The van der Waals surface area contributed by atoms with Gasteiger partial charge >= 0.3 is 0 Å². The van der Waals surface area contributed by atoms with E-state index in [0.29, 0.717) is 5.56 Å². The first kappa shape index (κ1) is 30.9. The standard InChI is InChI=1S/C18H23N3O4.C2H6.C2H4.CH4S/c1-18(2,19)15(17(24)21-25)20-16(23)12-6-3-11(4-7-12)5-8-13-9-14(13)10-22;3*1-2/h3-4,6-7,13-15,22,25H,9-10,19H2,1-2H3,(H,20,23)(H,21,24);1-2H3;1-2H2;2H,1H3. The SMILES string of the molecule is C=C.CC.CC(C)(N)C(NC(=O)c1ccc(C#CC2CC2CO)cc1)C(=O)NO.CS. The molecular formula is C23H37N3O4S. The van der Waals surface area contributed by atoms with Crippen molar-refractivity contribution < 1.29 is 19.9 Å². The summed E-state index contributed by atoms with van der Waals surface area (Å²) in [6, 6.07) is 5.55. The summed E-state index contributed by atoms with van der Waals surface area (Å²) in [6.45, 7) is 13.3. The van der Waals surface area contributed by atoms with E-state index in [1.807, 2.05) is 13.8 Å². The van der Waals surface area contributed by atoms with Crippen molar-refractivity contribution in [3.05, 3.63) is 48.6 Å². The molecule has 0 aromatic heterocycles. The number of carbonyl (C=O) groups excluding carboxylic acids is 2. The third kappa shape index (κ3) is 11.0. The molecule has 1 fully saturated rings. The summed E-state index contributed by atoms with van der Waals surface area (Å²) < 4.78 is 0. The fourth-order valence-corrected chi connectivity index (χ4v) is 2.38. The molecule has 8 heteroatoms. The number of amides is 2. The molecule has 0 bridgehead atoms. The maximum absolute atomic E-state index is 12.3. The number of thiol groups is 1. The van der Waals surface area contributed by atoms with E-state index in [2.05, 4.69) is 42.9 Å². The lowest BCUT2D eigenvalue weighted by Crippen LogP contribution is -2.61.